The van der Waals surface area contributed by atoms with E-state index in [1.165, 1.54) is 16.9 Å². The first-order chi connectivity index (χ1) is 19.8. The number of thiophene rings is 1. The number of nitrogens with one attached hydrogen (secondary N) is 2. The van der Waals surface area contributed by atoms with Crippen LogP contribution in [0.1, 0.15) is 67.2 Å². The first kappa shape index (κ1) is 31.1. The summed E-state index contributed by atoms with van der Waals surface area (Å²) in [5.74, 6) is -0.0316. The molecular weight excluding hydrogens is 544 g/mol. The number of carbonyl (C=O) groups is 2. The Morgan fingerprint density at radius 3 is 1.98 bits per heavy atom. The molecule has 2 aromatic heterocycles. The molecule has 2 aromatic carbocycles. The molecule has 0 saturated carbocycles. The van der Waals surface area contributed by atoms with Crippen LogP contribution in [-0.4, -0.2) is 46.1 Å². The average molecular weight is 585 g/mol. The van der Waals surface area contributed by atoms with E-state index in [2.05, 4.69) is 86.4 Å². The number of amides is 2. The minimum atomic E-state index is -0.796. The third-order valence-corrected chi connectivity index (χ3v) is 8.50. The molecule has 1 atom stereocenters. The second kappa shape index (κ2) is 13.0. The van der Waals surface area contributed by atoms with E-state index in [4.69, 9.17) is 0 Å². The van der Waals surface area contributed by atoms with Crippen LogP contribution in [0.25, 0.3) is 22.5 Å². The molecular formula is C34H40N4O3S. The van der Waals surface area contributed by atoms with Crippen LogP contribution in [0.5, 0.6) is 0 Å². The fourth-order valence-corrected chi connectivity index (χ4v) is 5.39. The minimum Gasteiger partial charge on any atom is -0.395 e. The fraction of sp³-hybridized carbons (Fsp3) is 0.353. The summed E-state index contributed by atoms with van der Waals surface area (Å²) >= 11 is 1.43. The van der Waals surface area contributed by atoms with Crippen molar-refractivity contribution in [2.45, 2.75) is 64.8 Å². The number of hydrogen-bond donors (Lipinski definition) is 3. The third kappa shape index (κ3) is 7.89. The van der Waals surface area contributed by atoms with Crippen LogP contribution in [0.4, 0.5) is 0 Å². The molecule has 2 amide bonds. The molecule has 4 aromatic rings. The summed E-state index contributed by atoms with van der Waals surface area (Å²) in [6.45, 7) is 12.8. The largest absolute Gasteiger partial charge is 0.395 e. The van der Waals surface area contributed by atoms with Gasteiger partial charge in [-0.05, 0) is 39.7 Å². The Labute approximate surface area is 252 Å². The zero-order chi connectivity index (χ0) is 30.5. The highest BCUT2D eigenvalue weighted by atomic mass is 32.1. The number of aliphatic hydroxyl groups is 1. The van der Waals surface area contributed by atoms with Crippen LogP contribution < -0.4 is 10.6 Å². The summed E-state index contributed by atoms with van der Waals surface area (Å²) in [4.78, 5) is 36.8. The van der Waals surface area contributed by atoms with E-state index in [-0.39, 0.29) is 35.8 Å². The molecule has 0 radical (unpaired) electrons. The van der Waals surface area contributed by atoms with E-state index in [9.17, 15) is 14.7 Å². The van der Waals surface area contributed by atoms with Gasteiger partial charge in [0, 0.05) is 41.4 Å². The molecule has 7 nitrogen and oxygen atoms in total. The maximum Gasteiger partial charge on any atom is 0.262 e. The number of hydrogen-bond acceptors (Lipinski definition) is 6. The van der Waals surface area contributed by atoms with E-state index < -0.39 is 6.04 Å². The van der Waals surface area contributed by atoms with Gasteiger partial charge in [0.25, 0.3) is 5.91 Å². The summed E-state index contributed by atoms with van der Waals surface area (Å²) in [6, 6.07) is 19.1. The molecule has 0 unspecified atom stereocenters. The Morgan fingerprint density at radius 2 is 1.43 bits per heavy atom. The molecule has 4 rings (SSSR count). The van der Waals surface area contributed by atoms with Crippen LogP contribution >= 0.6 is 11.3 Å². The van der Waals surface area contributed by atoms with Gasteiger partial charge in [-0.2, -0.15) is 0 Å². The third-order valence-electron chi connectivity index (χ3n) is 6.99. The van der Waals surface area contributed by atoms with E-state index in [1.807, 2.05) is 42.7 Å². The molecule has 0 aliphatic rings. The van der Waals surface area contributed by atoms with Crippen molar-refractivity contribution in [1.29, 1.82) is 0 Å². The molecule has 0 saturated heterocycles. The normalized spacial score (nSPS) is 12.5. The fourth-order valence-electron chi connectivity index (χ4n) is 4.42. The molecule has 0 bridgehead atoms. The first-order valence-corrected chi connectivity index (χ1v) is 15.0. The Bertz CT molecular complexity index is 1500. The lowest BCUT2D eigenvalue weighted by Crippen LogP contribution is -2.48. The van der Waals surface area contributed by atoms with Gasteiger partial charge in [-0.1, -0.05) is 90.1 Å². The van der Waals surface area contributed by atoms with E-state index in [0.29, 0.717) is 17.1 Å². The van der Waals surface area contributed by atoms with Crippen LogP contribution in [0.2, 0.25) is 0 Å². The maximum atomic E-state index is 13.0. The molecule has 0 fully saturated rings. The van der Waals surface area contributed by atoms with Crippen LogP contribution in [0.3, 0.4) is 0 Å². The molecule has 0 aliphatic heterocycles. The summed E-state index contributed by atoms with van der Waals surface area (Å²) in [5.41, 5.74) is 5.05. The van der Waals surface area contributed by atoms with Crippen molar-refractivity contribution in [3.05, 3.63) is 93.9 Å². The molecule has 42 heavy (non-hydrogen) atoms. The van der Waals surface area contributed by atoms with Crippen molar-refractivity contribution in [1.82, 2.24) is 20.6 Å². The first-order valence-electron chi connectivity index (χ1n) is 14.2. The minimum absolute atomic E-state index is 0.0649. The lowest BCUT2D eigenvalue weighted by atomic mass is 9.86. The van der Waals surface area contributed by atoms with Crippen molar-refractivity contribution < 1.29 is 14.7 Å². The van der Waals surface area contributed by atoms with Crippen molar-refractivity contribution in [2.75, 3.05) is 13.2 Å². The summed E-state index contributed by atoms with van der Waals surface area (Å²) in [7, 11) is 0. The van der Waals surface area contributed by atoms with Gasteiger partial charge >= 0.3 is 0 Å². The number of nitrogens with zero attached hydrogens (tertiary/aromatic N) is 2. The van der Waals surface area contributed by atoms with Gasteiger partial charge in [-0.15, -0.1) is 11.3 Å². The summed E-state index contributed by atoms with van der Waals surface area (Å²) in [5, 5.41) is 14.7. The second-order valence-electron chi connectivity index (χ2n) is 12.5. The van der Waals surface area contributed by atoms with Gasteiger partial charge in [-0.3, -0.25) is 9.59 Å². The smallest absolute Gasteiger partial charge is 0.262 e. The molecule has 8 heteroatoms. The lowest BCUT2D eigenvalue weighted by Gasteiger charge is -2.19. The van der Waals surface area contributed by atoms with Gasteiger partial charge in [0.05, 0.1) is 11.5 Å². The van der Waals surface area contributed by atoms with Gasteiger partial charge < -0.3 is 15.7 Å². The Kier molecular flexibility index (Phi) is 9.59. The Morgan fingerprint density at radius 1 is 0.810 bits per heavy atom. The highest BCUT2D eigenvalue weighted by molar-refractivity contribution is 7.14. The predicted octanol–water partition coefficient (Wildman–Crippen LogP) is 5.92. The molecule has 220 valence electrons. The number of rotatable bonds is 9. The number of benzene rings is 2. The maximum absolute atomic E-state index is 13.0. The van der Waals surface area contributed by atoms with E-state index in [0.717, 1.165) is 27.1 Å². The number of aliphatic hydroxyl groups excluding tert-OH is 1. The summed E-state index contributed by atoms with van der Waals surface area (Å²) in [6.07, 6.45) is 3.95. The summed E-state index contributed by atoms with van der Waals surface area (Å²) < 4.78 is 0. The SMILES string of the molecule is CC(C)(C)c1ccc(-c2cnc(-c3ccc(C[C@@H](NC(=O)c4ccc(C(C)(C)C)s4)C(=O)NCCO)cc3)nc2)cc1. The quantitative estimate of drug-likeness (QED) is 0.227. The second-order valence-corrected chi connectivity index (χ2v) is 13.6. The van der Waals surface area contributed by atoms with Crippen LogP contribution in [-0.2, 0) is 22.0 Å². The van der Waals surface area contributed by atoms with Crippen molar-refractivity contribution in [3.63, 3.8) is 0 Å². The van der Waals surface area contributed by atoms with Gasteiger partial charge in [0.1, 0.15) is 6.04 Å². The zero-order valence-corrected chi connectivity index (χ0v) is 26.0. The highest BCUT2D eigenvalue weighted by Gasteiger charge is 2.24. The Balaban J connectivity index is 1.46. The predicted molar refractivity (Wildman–Crippen MR) is 170 cm³/mol. The topological polar surface area (TPSA) is 104 Å². The van der Waals surface area contributed by atoms with Gasteiger partial charge in [0.2, 0.25) is 5.91 Å². The molecule has 0 spiro atoms. The Hall–Kier alpha value is -3.88. The van der Waals surface area contributed by atoms with Crippen molar-refractivity contribution in [2.24, 2.45) is 0 Å². The standard InChI is InChI=1S/C34H40N4O3S/c1-33(2,3)26-13-11-23(12-14-26)25-20-36-30(37-21-25)24-9-7-22(8-10-24)19-27(31(40)35-17-18-39)38-32(41)28-15-16-29(42-28)34(4,5)6/h7-16,20-21,27,39H,17-19H2,1-6H3,(H,35,40)(H,38,41)/t27-/m1/s1. The average Bonchev–Trinajstić information content (AvgIpc) is 3.47. The van der Waals surface area contributed by atoms with E-state index in [1.54, 1.807) is 6.07 Å². The van der Waals surface area contributed by atoms with E-state index >= 15 is 0 Å². The van der Waals surface area contributed by atoms with Gasteiger partial charge in [-0.25, -0.2) is 9.97 Å². The monoisotopic (exact) mass is 584 g/mol. The molecule has 3 N–H and O–H groups in total. The molecule has 0 aliphatic carbocycles. The number of aromatic nitrogens is 2. The zero-order valence-electron chi connectivity index (χ0n) is 25.2. The molecule has 2 heterocycles. The van der Waals surface area contributed by atoms with Crippen molar-refractivity contribution in [3.8, 4) is 22.5 Å². The van der Waals surface area contributed by atoms with Crippen molar-refractivity contribution >= 4 is 23.2 Å². The lowest BCUT2D eigenvalue weighted by molar-refractivity contribution is -0.123. The van der Waals surface area contributed by atoms with Gasteiger partial charge in [0.15, 0.2) is 5.82 Å². The van der Waals surface area contributed by atoms with Crippen LogP contribution in [0.15, 0.2) is 73.1 Å². The van der Waals surface area contributed by atoms with Crippen LogP contribution in [0, 0.1) is 0 Å². The highest BCUT2D eigenvalue weighted by Crippen LogP contribution is 2.30. The number of carbonyl (C=O) groups excluding carboxylic acids is 2.